The van der Waals surface area contributed by atoms with Crippen LogP contribution in [0.2, 0.25) is 0 Å². The molecule has 0 saturated heterocycles. The van der Waals surface area contributed by atoms with Gasteiger partial charge in [0.05, 0.1) is 0 Å². The Kier molecular flexibility index (Phi) is 7.64. The minimum Gasteiger partial charge on any atom is -0.396 e. The van der Waals surface area contributed by atoms with Crippen molar-refractivity contribution in [2.75, 3.05) is 13.2 Å². The fourth-order valence-corrected chi connectivity index (χ4v) is 4.41. The van der Waals surface area contributed by atoms with E-state index in [0.717, 1.165) is 36.0 Å². The third-order valence-corrected chi connectivity index (χ3v) is 6.27. The highest BCUT2D eigenvalue weighted by molar-refractivity contribution is 5.69. The molecule has 3 heteroatoms. The van der Waals surface area contributed by atoms with Crippen LogP contribution in [0.25, 0.3) is 11.1 Å². The van der Waals surface area contributed by atoms with E-state index in [1.165, 1.54) is 37.7 Å². The number of hydrogen-bond acceptors (Lipinski definition) is 2. The number of aliphatic hydroxyl groups excluding tert-OH is 2. The van der Waals surface area contributed by atoms with Gasteiger partial charge in [0, 0.05) is 24.7 Å². The summed E-state index contributed by atoms with van der Waals surface area (Å²) in [6.07, 6.45) is 8.57. The van der Waals surface area contributed by atoms with Gasteiger partial charge in [-0.1, -0.05) is 56.5 Å². The van der Waals surface area contributed by atoms with Gasteiger partial charge in [0.15, 0.2) is 0 Å². The topological polar surface area (TPSA) is 40.5 Å². The zero-order chi connectivity index (χ0) is 19.9. The highest BCUT2D eigenvalue weighted by Crippen LogP contribution is 2.35. The minimum absolute atomic E-state index is 0.00771. The molecular weight excluding hydrogens is 351 g/mol. The van der Waals surface area contributed by atoms with Crippen LogP contribution in [0.3, 0.4) is 0 Å². The van der Waals surface area contributed by atoms with Gasteiger partial charge in [-0.3, -0.25) is 0 Å². The molecule has 1 aliphatic carbocycles. The normalized spacial score (nSPS) is 15.3. The molecule has 0 spiro atoms. The molecule has 28 heavy (non-hydrogen) atoms. The summed E-state index contributed by atoms with van der Waals surface area (Å²) in [5.74, 6) is 0.317. The van der Waals surface area contributed by atoms with Crippen molar-refractivity contribution < 1.29 is 14.6 Å². The molecule has 2 N–H and O–H groups in total. The fourth-order valence-electron chi connectivity index (χ4n) is 4.41. The first-order valence-electron chi connectivity index (χ1n) is 10.8. The van der Waals surface area contributed by atoms with E-state index in [9.17, 15) is 14.6 Å². The lowest BCUT2D eigenvalue weighted by Gasteiger charge is -2.22. The van der Waals surface area contributed by atoms with Crippen molar-refractivity contribution in [1.82, 2.24) is 0 Å². The molecule has 0 radical (unpaired) electrons. The van der Waals surface area contributed by atoms with Crippen LogP contribution in [0.5, 0.6) is 0 Å². The van der Waals surface area contributed by atoms with E-state index in [1.54, 1.807) is 6.07 Å². The van der Waals surface area contributed by atoms with Crippen molar-refractivity contribution in [1.29, 1.82) is 0 Å². The van der Waals surface area contributed by atoms with Crippen LogP contribution in [0, 0.1) is 11.7 Å². The second-order valence-electron chi connectivity index (χ2n) is 8.19. The maximum atomic E-state index is 15.0. The summed E-state index contributed by atoms with van der Waals surface area (Å²) in [7, 11) is 0. The predicted octanol–water partition coefficient (Wildman–Crippen LogP) is 5.64. The van der Waals surface area contributed by atoms with Crippen molar-refractivity contribution in [3.8, 4) is 11.1 Å². The average molecular weight is 385 g/mol. The average Bonchev–Trinajstić information content (AvgIpc) is 2.75. The van der Waals surface area contributed by atoms with Gasteiger partial charge in [0.2, 0.25) is 0 Å². The van der Waals surface area contributed by atoms with Crippen LogP contribution in [0.1, 0.15) is 68.1 Å². The van der Waals surface area contributed by atoms with E-state index in [4.69, 9.17) is 0 Å². The Morgan fingerprint density at radius 2 is 1.68 bits per heavy atom. The third kappa shape index (κ3) is 5.01. The molecule has 0 heterocycles. The number of hydrogen-bond donors (Lipinski definition) is 2. The van der Waals surface area contributed by atoms with Gasteiger partial charge < -0.3 is 10.2 Å². The summed E-state index contributed by atoms with van der Waals surface area (Å²) in [6, 6.07) is 12.1. The van der Waals surface area contributed by atoms with Gasteiger partial charge in [-0.05, 0) is 66.3 Å². The molecule has 2 aromatic rings. The molecule has 1 aliphatic rings. The first kappa shape index (κ1) is 21.0. The van der Waals surface area contributed by atoms with Crippen molar-refractivity contribution >= 4 is 0 Å². The quantitative estimate of drug-likeness (QED) is 0.619. The Hall–Kier alpha value is -1.71. The number of rotatable bonds is 8. The molecule has 2 aromatic carbocycles. The van der Waals surface area contributed by atoms with Crippen molar-refractivity contribution in [2.45, 2.75) is 64.2 Å². The van der Waals surface area contributed by atoms with E-state index < -0.39 is 0 Å². The number of halogens is 1. The molecule has 1 saturated carbocycles. The van der Waals surface area contributed by atoms with Gasteiger partial charge in [-0.2, -0.15) is 0 Å². The van der Waals surface area contributed by atoms with Gasteiger partial charge in [0.25, 0.3) is 0 Å². The molecule has 0 unspecified atom stereocenters. The lowest BCUT2D eigenvalue weighted by molar-refractivity contribution is 0.144. The van der Waals surface area contributed by atoms with Gasteiger partial charge in [-0.15, -0.1) is 0 Å². The highest BCUT2D eigenvalue weighted by Gasteiger charge is 2.18. The molecule has 0 atom stereocenters. The summed E-state index contributed by atoms with van der Waals surface area (Å²) in [4.78, 5) is 0. The Morgan fingerprint density at radius 3 is 2.32 bits per heavy atom. The van der Waals surface area contributed by atoms with Crippen molar-refractivity contribution in [3.05, 3.63) is 58.9 Å². The smallest absolute Gasteiger partial charge is 0.131 e. The standard InChI is InChI=1S/C25H33FO2/c1-2-20-14-18(8-9-19(16-27)17-28)10-12-23(20)24-13-11-22(15-25(24)26)21-6-4-3-5-7-21/h10-15,19,21,27-28H,2-9,16-17H2,1H3. The highest BCUT2D eigenvalue weighted by atomic mass is 19.1. The fraction of sp³-hybridized carbons (Fsp3) is 0.520. The van der Waals surface area contributed by atoms with E-state index in [2.05, 4.69) is 25.1 Å². The van der Waals surface area contributed by atoms with Crippen LogP contribution in [-0.2, 0) is 12.8 Å². The SMILES string of the molecule is CCc1cc(CCC(CO)CO)ccc1-c1ccc(C2CCCCC2)cc1F. The summed E-state index contributed by atoms with van der Waals surface area (Å²) in [5.41, 5.74) is 5.12. The van der Waals surface area contributed by atoms with Crippen LogP contribution >= 0.6 is 0 Å². The lowest BCUT2D eigenvalue weighted by atomic mass is 9.83. The molecular formula is C25H33FO2. The van der Waals surface area contributed by atoms with Crippen LogP contribution < -0.4 is 0 Å². The first-order chi connectivity index (χ1) is 13.7. The van der Waals surface area contributed by atoms with Crippen molar-refractivity contribution in [2.24, 2.45) is 5.92 Å². The van der Waals surface area contributed by atoms with Gasteiger partial charge in [-0.25, -0.2) is 4.39 Å². The summed E-state index contributed by atoms with van der Waals surface area (Å²) in [6.45, 7) is 2.11. The Bertz CT molecular complexity index is 761. The van der Waals surface area contributed by atoms with Gasteiger partial charge >= 0.3 is 0 Å². The Labute approximate surface area is 168 Å². The molecule has 0 amide bonds. The van der Waals surface area contributed by atoms with E-state index >= 15 is 0 Å². The number of aliphatic hydroxyl groups is 2. The van der Waals surface area contributed by atoms with Gasteiger partial charge in [0.1, 0.15) is 5.82 Å². The van der Waals surface area contributed by atoms with Crippen LogP contribution in [-0.4, -0.2) is 23.4 Å². The van der Waals surface area contributed by atoms with Crippen LogP contribution in [0.15, 0.2) is 36.4 Å². The van der Waals surface area contributed by atoms with E-state index in [0.29, 0.717) is 11.5 Å². The molecule has 1 fully saturated rings. The summed E-state index contributed by atoms with van der Waals surface area (Å²) >= 11 is 0. The van der Waals surface area contributed by atoms with E-state index in [-0.39, 0.29) is 24.9 Å². The molecule has 3 rings (SSSR count). The largest absolute Gasteiger partial charge is 0.396 e. The Morgan fingerprint density at radius 1 is 0.964 bits per heavy atom. The lowest BCUT2D eigenvalue weighted by Crippen LogP contribution is -2.12. The minimum atomic E-state index is -0.119. The second kappa shape index (κ2) is 10.2. The molecule has 0 bridgehead atoms. The first-order valence-corrected chi connectivity index (χ1v) is 10.8. The number of benzene rings is 2. The predicted molar refractivity (Wildman–Crippen MR) is 113 cm³/mol. The van der Waals surface area contributed by atoms with Crippen LogP contribution in [0.4, 0.5) is 4.39 Å². The maximum absolute atomic E-state index is 15.0. The molecule has 152 valence electrons. The maximum Gasteiger partial charge on any atom is 0.131 e. The Balaban J connectivity index is 1.80. The summed E-state index contributed by atoms with van der Waals surface area (Å²) in [5, 5.41) is 18.5. The molecule has 0 aromatic heterocycles. The monoisotopic (exact) mass is 384 g/mol. The second-order valence-corrected chi connectivity index (χ2v) is 8.19. The zero-order valence-corrected chi connectivity index (χ0v) is 17.0. The number of aryl methyl sites for hydroxylation is 2. The van der Waals surface area contributed by atoms with E-state index in [1.807, 2.05) is 12.1 Å². The summed E-state index contributed by atoms with van der Waals surface area (Å²) < 4.78 is 15.0. The molecule has 2 nitrogen and oxygen atoms in total. The van der Waals surface area contributed by atoms with Crippen molar-refractivity contribution in [3.63, 3.8) is 0 Å². The zero-order valence-electron chi connectivity index (χ0n) is 17.0. The molecule has 0 aliphatic heterocycles. The third-order valence-electron chi connectivity index (χ3n) is 6.27.